The summed E-state index contributed by atoms with van der Waals surface area (Å²) >= 11 is 1.75. The van der Waals surface area contributed by atoms with Crippen LogP contribution in [0.3, 0.4) is 0 Å². The zero-order chi connectivity index (χ0) is 2.71. The van der Waals surface area contributed by atoms with Gasteiger partial charge in [0.15, 0.2) is 0 Å². The van der Waals surface area contributed by atoms with Gasteiger partial charge in [-0.2, -0.15) is 11.8 Å². The molecule has 4 heavy (non-hydrogen) atoms. The van der Waals surface area contributed by atoms with Crippen LogP contribution in [0.4, 0.5) is 0 Å². The topological polar surface area (TPSA) is 0 Å². The first kappa shape index (κ1) is 8.83. The molecule has 0 fully saturated rings. The van der Waals surface area contributed by atoms with Crippen molar-refractivity contribution in [3.05, 3.63) is 0 Å². The highest BCUT2D eigenvalue weighted by atomic mass is 32.2. The highest BCUT2D eigenvalue weighted by molar-refractivity contribution is 7.97. The summed E-state index contributed by atoms with van der Waals surface area (Å²) in [5.74, 6) is 0. The molecule has 0 bridgehead atoms. The van der Waals surface area contributed by atoms with Crippen molar-refractivity contribution in [3.63, 3.8) is 0 Å². The van der Waals surface area contributed by atoms with Crippen LogP contribution >= 0.6 is 11.8 Å². The van der Waals surface area contributed by atoms with Crippen molar-refractivity contribution >= 4 is 20.2 Å². The van der Waals surface area contributed by atoms with E-state index in [2.05, 4.69) is 0 Å². The normalized spacial score (nSPS) is 4.50. The molecule has 0 spiro atoms. The molecule has 0 aromatic carbocycles. The molecule has 0 aliphatic carbocycles. The van der Waals surface area contributed by atoms with Gasteiger partial charge in [0, 0.05) is 0 Å². The van der Waals surface area contributed by atoms with Crippen molar-refractivity contribution in [2.45, 2.75) is 0 Å². The van der Waals surface area contributed by atoms with Crippen LogP contribution in [0, 0.1) is 0 Å². The van der Waals surface area contributed by atoms with E-state index in [4.69, 9.17) is 0 Å². The van der Waals surface area contributed by atoms with Crippen LogP contribution in [0.5, 0.6) is 0 Å². The Balaban J connectivity index is 0. The van der Waals surface area contributed by atoms with E-state index in [1.165, 1.54) is 0 Å². The van der Waals surface area contributed by atoms with Gasteiger partial charge < -0.3 is 0 Å². The van der Waals surface area contributed by atoms with Gasteiger partial charge in [0.05, 0.1) is 8.41 Å². The molecule has 0 N–H and O–H groups in total. The molecule has 0 aromatic rings. The van der Waals surface area contributed by atoms with Crippen LogP contribution in [-0.2, 0) is 0 Å². The van der Waals surface area contributed by atoms with Gasteiger partial charge in [-0.15, -0.1) is 0 Å². The van der Waals surface area contributed by atoms with Crippen LogP contribution in [-0.4, -0.2) is 20.9 Å². The van der Waals surface area contributed by atoms with E-state index in [1.54, 1.807) is 11.8 Å². The number of rotatable bonds is 0. The summed E-state index contributed by atoms with van der Waals surface area (Å²) in [6, 6.07) is 0. The largest absolute Gasteiger partial charge is 0.169 e. The molecule has 0 rings (SSSR count). The Kier molecular flexibility index (Phi) is 22.0. The predicted molar refractivity (Wildman–Crippen MR) is 29.4 cm³/mol. The molecule has 0 aromatic heterocycles. The third-order valence-corrected chi connectivity index (χ3v) is 0. The van der Waals surface area contributed by atoms with Gasteiger partial charge in [0.1, 0.15) is 0 Å². The Morgan fingerprint density at radius 1 is 1.25 bits per heavy atom. The van der Waals surface area contributed by atoms with Gasteiger partial charge in [-0.05, 0) is 12.5 Å². The summed E-state index contributed by atoms with van der Waals surface area (Å²) < 4.78 is 0. The summed E-state index contributed by atoms with van der Waals surface area (Å²) in [6.45, 7) is 0. The first-order chi connectivity index (χ1) is 1.41. The lowest BCUT2D eigenvalue weighted by molar-refractivity contribution is 2.37. The third kappa shape index (κ3) is 28.1. The van der Waals surface area contributed by atoms with Crippen molar-refractivity contribution < 1.29 is 0 Å². The van der Waals surface area contributed by atoms with E-state index in [-0.39, 0.29) is 8.41 Å². The Bertz CT molecular complexity index is 6.00. The lowest BCUT2D eigenvalue weighted by Gasteiger charge is -1.51. The second-order valence-electron chi connectivity index (χ2n) is 0.408. The average Bonchev–Trinajstić information content (AvgIpc) is 0.918. The first-order valence-electron chi connectivity index (χ1n) is 0.816. The SMILES string of the molecule is B.CSC. The summed E-state index contributed by atoms with van der Waals surface area (Å²) in [5, 5.41) is 0. The van der Waals surface area contributed by atoms with Crippen LogP contribution in [0.2, 0.25) is 0 Å². The molecule has 0 saturated heterocycles. The van der Waals surface area contributed by atoms with Gasteiger partial charge >= 0.3 is 0 Å². The summed E-state index contributed by atoms with van der Waals surface area (Å²) in [5.41, 5.74) is 0. The summed E-state index contributed by atoms with van der Waals surface area (Å²) in [7, 11) is 0. The molecule has 0 radical (unpaired) electrons. The first-order valence-corrected chi connectivity index (χ1v) is 2.45. The zero-order valence-electron chi connectivity index (χ0n) is 2.41. The third-order valence-electron chi connectivity index (χ3n) is 0. The van der Waals surface area contributed by atoms with Crippen molar-refractivity contribution in [1.29, 1.82) is 0 Å². The minimum Gasteiger partial charge on any atom is -0.169 e. The fourth-order valence-corrected chi connectivity index (χ4v) is 0. The standard InChI is InChI=1S/C2H6S.BH3/c1-3-2;/h1-2H3;1H3. The van der Waals surface area contributed by atoms with Crippen molar-refractivity contribution in [1.82, 2.24) is 0 Å². The minimum atomic E-state index is 0. The van der Waals surface area contributed by atoms with Crippen LogP contribution < -0.4 is 0 Å². The molecule has 26 valence electrons. The van der Waals surface area contributed by atoms with Crippen molar-refractivity contribution in [2.75, 3.05) is 12.5 Å². The second-order valence-corrected chi connectivity index (χ2v) is 1.22. The molecule has 0 aliphatic rings. The average molecular weight is 76.0 g/mol. The van der Waals surface area contributed by atoms with E-state index >= 15 is 0 Å². The molecule has 0 nitrogen and oxygen atoms in total. The highest BCUT2D eigenvalue weighted by Crippen LogP contribution is 1.70. The summed E-state index contributed by atoms with van der Waals surface area (Å²) in [4.78, 5) is 0. The Morgan fingerprint density at radius 2 is 1.25 bits per heavy atom. The number of thioether (sulfide) groups is 1. The lowest BCUT2D eigenvalue weighted by atomic mass is 10.8. The quantitative estimate of drug-likeness (QED) is 0.360. The maximum absolute atomic E-state index is 2.04. The molecular formula is C2H9BS. The molecule has 0 heterocycles. The van der Waals surface area contributed by atoms with E-state index in [9.17, 15) is 0 Å². The van der Waals surface area contributed by atoms with Gasteiger partial charge in [0.25, 0.3) is 0 Å². The molecule has 0 atom stereocenters. The van der Waals surface area contributed by atoms with E-state index in [1.807, 2.05) is 12.5 Å². The maximum Gasteiger partial charge on any atom is 0.0814 e. The maximum atomic E-state index is 2.04. The fraction of sp³-hybridized carbons (Fsp3) is 1.00. The second kappa shape index (κ2) is 9.95. The lowest BCUT2D eigenvalue weighted by Crippen LogP contribution is -1.25. The smallest absolute Gasteiger partial charge is 0.0814 e. The predicted octanol–water partition coefficient (Wildman–Crippen LogP) is -0.205. The van der Waals surface area contributed by atoms with E-state index < -0.39 is 0 Å². The van der Waals surface area contributed by atoms with Gasteiger partial charge in [-0.3, -0.25) is 0 Å². The molecule has 0 aliphatic heterocycles. The van der Waals surface area contributed by atoms with E-state index in [0.29, 0.717) is 0 Å². The molecular weight excluding hydrogens is 66.9 g/mol. The molecule has 0 unspecified atom stereocenters. The fourth-order valence-electron chi connectivity index (χ4n) is 0. The van der Waals surface area contributed by atoms with Crippen molar-refractivity contribution in [2.24, 2.45) is 0 Å². The number of hydrogen-bond acceptors (Lipinski definition) is 1. The Labute approximate surface area is 33.5 Å². The van der Waals surface area contributed by atoms with Gasteiger partial charge in [-0.25, -0.2) is 0 Å². The molecule has 0 amide bonds. The Hall–Kier alpha value is 0.415. The van der Waals surface area contributed by atoms with Crippen LogP contribution in [0.25, 0.3) is 0 Å². The van der Waals surface area contributed by atoms with Crippen LogP contribution in [0.1, 0.15) is 0 Å². The van der Waals surface area contributed by atoms with Crippen LogP contribution in [0.15, 0.2) is 0 Å². The molecule has 0 saturated carbocycles. The van der Waals surface area contributed by atoms with Gasteiger partial charge in [0.2, 0.25) is 0 Å². The number of hydrogen-bond donors (Lipinski definition) is 0. The zero-order valence-corrected chi connectivity index (χ0v) is 3.22. The highest BCUT2D eigenvalue weighted by Gasteiger charge is 1.32. The Morgan fingerprint density at radius 3 is 1.25 bits per heavy atom. The minimum absolute atomic E-state index is 0. The van der Waals surface area contributed by atoms with E-state index in [0.717, 1.165) is 0 Å². The van der Waals surface area contributed by atoms with Gasteiger partial charge in [-0.1, -0.05) is 0 Å². The molecule has 2 heteroatoms. The van der Waals surface area contributed by atoms with Crippen molar-refractivity contribution in [3.8, 4) is 0 Å². The monoisotopic (exact) mass is 76.1 g/mol. The summed E-state index contributed by atoms with van der Waals surface area (Å²) in [6.07, 6.45) is 4.08.